The molecule has 1 heterocycles. The lowest BCUT2D eigenvalue weighted by atomic mass is 10.3. The van der Waals surface area contributed by atoms with Gasteiger partial charge in [-0.2, -0.15) is 0 Å². The maximum Gasteiger partial charge on any atom is 0.315 e. The number of ether oxygens (including phenoxy) is 2. The molecule has 0 atom stereocenters. The number of nitrogens with two attached hydrogens (primary N) is 1. The zero-order valence-corrected chi connectivity index (χ0v) is 12.0. The van der Waals surface area contributed by atoms with Gasteiger partial charge in [-0.3, -0.25) is 10.1 Å². The van der Waals surface area contributed by atoms with Crippen LogP contribution in [-0.2, 0) is 0 Å². The summed E-state index contributed by atoms with van der Waals surface area (Å²) in [6.45, 7) is 0. The molecule has 2 rings (SSSR count). The van der Waals surface area contributed by atoms with Gasteiger partial charge in [-0.05, 0) is 34.1 Å². The summed E-state index contributed by atoms with van der Waals surface area (Å²) in [6.07, 6.45) is 1.49. The van der Waals surface area contributed by atoms with Gasteiger partial charge in [0.25, 0.3) is 0 Å². The predicted molar refractivity (Wildman–Crippen MR) is 76.1 cm³/mol. The SMILES string of the molecule is COc1ccc(Oc2ncc(Br)cc2N)c([N+](=O)[O-])c1. The van der Waals surface area contributed by atoms with Gasteiger partial charge < -0.3 is 15.2 Å². The molecule has 0 bridgehead atoms. The minimum Gasteiger partial charge on any atom is -0.496 e. The second kappa shape index (κ2) is 5.74. The van der Waals surface area contributed by atoms with E-state index in [1.54, 1.807) is 12.1 Å². The minimum atomic E-state index is -0.563. The third-order valence-electron chi connectivity index (χ3n) is 2.41. The number of pyridine rings is 1. The fraction of sp³-hybridized carbons (Fsp3) is 0.0833. The molecule has 1 aromatic heterocycles. The van der Waals surface area contributed by atoms with Crippen LogP contribution in [0.25, 0.3) is 0 Å². The van der Waals surface area contributed by atoms with Crippen molar-refractivity contribution in [1.29, 1.82) is 0 Å². The first kappa shape index (κ1) is 14.1. The molecular formula is C12H10BrN3O4. The first-order valence-electron chi connectivity index (χ1n) is 5.42. The van der Waals surface area contributed by atoms with Crippen molar-refractivity contribution in [3.8, 4) is 17.4 Å². The van der Waals surface area contributed by atoms with E-state index in [9.17, 15) is 10.1 Å². The van der Waals surface area contributed by atoms with Crippen LogP contribution in [0.3, 0.4) is 0 Å². The van der Waals surface area contributed by atoms with E-state index in [1.807, 2.05) is 0 Å². The van der Waals surface area contributed by atoms with Crippen LogP contribution in [0, 0.1) is 10.1 Å². The van der Waals surface area contributed by atoms with Crippen LogP contribution in [0.1, 0.15) is 0 Å². The van der Waals surface area contributed by atoms with Crippen LogP contribution in [0.2, 0.25) is 0 Å². The number of methoxy groups -OCH3 is 1. The quantitative estimate of drug-likeness (QED) is 0.678. The van der Waals surface area contributed by atoms with Crippen molar-refractivity contribution in [3.05, 3.63) is 45.0 Å². The van der Waals surface area contributed by atoms with Gasteiger partial charge in [0.05, 0.1) is 23.8 Å². The lowest BCUT2D eigenvalue weighted by molar-refractivity contribution is -0.385. The number of halogens is 1. The van der Waals surface area contributed by atoms with E-state index in [0.717, 1.165) is 0 Å². The molecule has 7 nitrogen and oxygen atoms in total. The molecule has 1 aromatic carbocycles. The number of nitrogen functional groups attached to an aromatic ring is 1. The Morgan fingerprint density at radius 2 is 2.15 bits per heavy atom. The molecule has 0 aliphatic carbocycles. The van der Waals surface area contributed by atoms with E-state index in [0.29, 0.717) is 10.2 Å². The molecule has 8 heteroatoms. The summed E-state index contributed by atoms with van der Waals surface area (Å²) in [5.41, 5.74) is 5.78. The molecule has 0 spiro atoms. The third-order valence-corrected chi connectivity index (χ3v) is 2.85. The number of hydrogen-bond donors (Lipinski definition) is 1. The summed E-state index contributed by atoms with van der Waals surface area (Å²) in [5.74, 6) is 0.500. The summed E-state index contributed by atoms with van der Waals surface area (Å²) < 4.78 is 11.0. The lowest BCUT2D eigenvalue weighted by Crippen LogP contribution is -1.98. The van der Waals surface area contributed by atoms with E-state index < -0.39 is 4.92 Å². The van der Waals surface area contributed by atoms with E-state index >= 15 is 0 Å². The first-order chi connectivity index (χ1) is 9.51. The molecule has 0 aliphatic heterocycles. The molecule has 0 amide bonds. The van der Waals surface area contributed by atoms with Crippen molar-refractivity contribution in [2.45, 2.75) is 0 Å². The van der Waals surface area contributed by atoms with Gasteiger partial charge >= 0.3 is 5.69 Å². The van der Waals surface area contributed by atoms with Gasteiger partial charge in [0.15, 0.2) is 0 Å². The topological polar surface area (TPSA) is 101 Å². The summed E-state index contributed by atoms with van der Waals surface area (Å²) >= 11 is 3.22. The second-order valence-corrected chi connectivity index (χ2v) is 4.66. The van der Waals surface area contributed by atoms with Crippen molar-refractivity contribution in [2.24, 2.45) is 0 Å². The molecule has 0 aliphatic rings. The Morgan fingerprint density at radius 1 is 1.40 bits per heavy atom. The number of benzene rings is 1. The smallest absolute Gasteiger partial charge is 0.315 e. The van der Waals surface area contributed by atoms with Crippen LogP contribution in [0.15, 0.2) is 34.9 Å². The van der Waals surface area contributed by atoms with Gasteiger partial charge in [-0.1, -0.05) is 0 Å². The van der Waals surface area contributed by atoms with E-state index in [4.69, 9.17) is 15.2 Å². The second-order valence-electron chi connectivity index (χ2n) is 3.74. The van der Waals surface area contributed by atoms with Crippen LogP contribution in [0.5, 0.6) is 17.4 Å². The van der Waals surface area contributed by atoms with Gasteiger partial charge in [0.2, 0.25) is 11.6 Å². The fourth-order valence-electron chi connectivity index (χ4n) is 1.48. The number of nitrogens with zero attached hydrogens (tertiary/aromatic N) is 2. The normalized spacial score (nSPS) is 10.1. The first-order valence-corrected chi connectivity index (χ1v) is 6.22. The van der Waals surface area contributed by atoms with Gasteiger partial charge in [-0.25, -0.2) is 4.98 Å². The highest BCUT2D eigenvalue weighted by molar-refractivity contribution is 9.10. The van der Waals surface area contributed by atoms with Gasteiger partial charge in [0.1, 0.15) is 5.75 Å². The average Bonchev–Trinajstić information content (AvgIpc) is 2.42. The Balaban J connectivity index is 2.40. The van der Waals surface area contributed by atoms with Crippen molar-refractivity contribution in [2.75, 3.05) is 12.8 Å². The lowest BCUT2D eigenvalue weighted by Gasteiger charge is -2.08. The number of anilines is 1. The highest BCUT2D eigenvalue weighted by atomic mass is 79.9. The maximum absolute atomic E-state index is 11.0. The van der Waals surface area contributed by atoms with E-state index in [-0.39, 0.29) is 23.0 Å². The zero-order valence-electron chi connectivity index (χ0n) is 10.4. The Labute approximate surface area is 122 Å². The molecule has 104 valence electrons. The summed E-state index contributed by atoms with van der Waals surface area (Å²) in [5, 5.41) is 11.0. The molecule has 0 saturated carbocycles. The summed E-state index contributed by atoms with van der Waals surface area (Å²) in [4.78, 5) is 14.4. The standard InChI is InChI=1S/C12H10BrN3O4/c1-19-8-2-3-11(10(5-8)16(17)18)20-12-9(14)4-7(13)6-15-12/h2-6H,14H2,1H3. The van der Waals surface area contributed by atoms with Crippen LogP contribution in [0.4, 0.5) is 11.4 Å². The number of nitro benzene ring substituents is 1. The molecule has 0 radical (unpaired) electrons. The van der Waals surface area contributed by atoms with Crippen molar-refractivity contribution >= 4 is 27.3 Å². The summed E-state index contributed by atoms with van der Waals surface area (Å²) in [7, 11) is 1.42. The van der Waals surface area contributed by atoms with Crippen molar-refractivity contribution in [1.82, 2.24) is 4.98 Å². The van der Waals surface area contributed by atoms with Crippen LogP contribution >= 0.6 is 15.9 Å². The minimum absolute atomic E-state index is 0.0392. The Hall–Kier alpha value is -2.35. The maximum atomic E-state index is 11.0. The molecule has 0 fully saturated rings. The molecule has 2 N–H and O–H groups in total. The largest absolute Gasteiger partial charge is 0.496 e. The van der Waals surface area contributed by atoms with Crippen molar-refractivity contribution in [3.63, 3.8) is 0 Å². The third kappa shape index (κ3) is 2.97. The fourth-order valence-corrected chi connectivity index (χ4v) is 1.83. The van der Waals surface area contributed by atoms with Crippen molar-refractivity contribution < 1.29 is 14.4 Å². The predicted octanol–water partition coefficient (Wildman–Crippen LogP) is 3.14. The number of hydrogen-bond acceptors (Lipinski definition) is 6. The average molecular weight is 340 g/mol. The number of aromatic nitrogens is 1. The number of nitro groups is 1. The Kier molecular flexibility index (Phi) is 4.04. The van der Waals surface area contributed by atoms with Crippen LogP contribution in [-0.4, -0.2) is 17.0 Å². The monoisotopic (exact) mass is 339 g/mol. The highest BCUT2D eigenvalue weighted by Crippen LogP contribution is 2.35. The van der Waals surface area contributed by atoms with E-state index in [1.165, 1.54) is 25.4 Å². The molecular weight excluding hydrogens is 330 g/mol. The van der Waals surface area contributed by atoms with Gasteiger partial charge in [-0.15, -0.1) is 0 Å². The summed E-state index contributed by atoms with van der Waals surface area (Å²) in [6, 6.07) is 5.85. The molecule has 0 saturated heterocycles. The van der Waals surface area contributed by atoms with Crippen LogP contribution < -0.4 is 15.2 Å². The Morgan fingerprint density at radius 3 is 2.75 bits per heavy atom. The van der Waals surface area contributed by atoms with Gasteiger partial charge in [0, 0.05) is 10.7 Å². The zero-order chi connectivity index (χ0) is 14.7. The highest BCUT2D eigenvalue weighted by Gasteiger charge is 2.18. The number of rotatable bonds is 4. The molecule has 0 unspecified atom stereocenters. The molecule has 20 heavy (non-hydrogen) atoms. The van der Waals surface area contributed by atoms with E-state index in [2.05, 4.69) is 20.9 Å². The molecule has 2 aromatic rings. The Bertz CT molecular complexity index is 663.